The fraction of sp³-hybridized carbons (Fsp3) is 1.00. The summed E-state index contributed by atoms with van der Waals surface area (Å²) >= 11 is 0. The minimum Gasteiger partial charge on any atom is -0.0654 e. The first-order chi connectivity index (χ1) is 8.83. The molecule has 0 aliphatic heterocycles. The van der Waals surface area contributed by atoms with Crippen molar-refractivity contribution < 1.29 is 0 Å². The molecule has 2 fully saturated rings. The van der Waals surface area contributed by atoms with Crippen molar-refractivity contribution in [1.29, 1.82) is 0 Å². The third-order valence-corrected chi connectivity index (χ3v) is 5.78. The molecule has 0 radical (unpaired) electrons. The van der Waals surface area contributed by atoms with Crippen LogP contribution in [0.15, 0.2) is 0 Å². The summed E-state index contributed by atoms with van der Waals surface area (Å²) in [6, 6.07) is 0. The lowest BCUT2D eigenvalue weighted by atomic mass is 9.67. The van der Waals surface area contributed by atoms with Gasteiger partial charge in [0.2, 0.25) is 0 Å². The Morgan fingerprint density at radius 2 is 1.33 bits per heavy atom. The van der Waals surface area contributed by atoms with Crippen molar-refractivity contribution >= 4 is 0 Å². The zero-order valence-electron chi connectivity index (χ0n) is 12.8. The van der Waals surface area contributed by atoms with E-state index in [1.165, 1.54) is 38.5 Å². The van der Waals surface area contributed by atoms with E-state index in [2.05, 4.69) is 13.8 Å². The molecule has 0 unspecified atom stereocenters. The van der Waals surface area contributed by atoms with Crippen molar-refractivity contribution in [2.24, 2.45) is 23.7 Å². The average Bonchev–Trinajstić information content (AvgIpc) is 2.41. The van der Waals surface area contributed by atoms with Gasteiger partial charge in [-0.25, -0.2) is 0 Å². The van der Waals surface area contributed by atoms with Gasteiger partial charge in [0.1, 0.15) is 0 Å². The fourth-order valence-electron chi connectivity index (χ4n) is 4.79. The van der Waals surface area contributed by atoms with E-state index in [0.717, 1.165) is 23.7 Å². The number of rotatable bonds is 5. The van der Waals surface area contributed by atoms with Gasteiger partial charge in [0, 0.05) is 0 Å². The van der Waals surface area contributed by atoms with E-state index >= 15 is 0 Å². The van der Waals surface area contributed by atoms with Crippen molar-refractivity contribution in [2.45, 2.75) is 90.9 Å². The third-order valence-electron chi connectivity index (χ3n) is 5.78. The summed E-state index contributed by atoms with van der Waals surface area (Å²) in [4.78, 5) is 0. The van der Waals surface area contributed by atoms with Crippen LogP contribution in [0.3, 0.4) is 0 Å². The lowest BCUT2D eigenvalue weighted by Crippen LogP contribution is -2.26. The number of hydrogen-bond acceptors (Lipinski definition) is 0. The van der Waals surface area contributed by atoms with Gasteiger partial charge >= 0.3 is 0 Å². The quantitative estimate of drug-likeness (QED) is 0.545. The highest BCUT2D eigenvalue weighted by Crippen LogP contribution is 2.43. The molecular weight excluding hydrogens is 216 g/mol. The molecule has 0 aromatic carbocycles. The summed E-state index contributed by atoms with van der Waals surface area (Å²) in [6.07, 6.45) is 18.2. The molecule has 0 heteroatoms. The van der Waals surface area contributed by atoms with Gasteiger partial charge in [-0.15, -0.1) is 0 Å². The van der Waals surface area contributed by atoms with Gasteiger partial charge in [-0.2, -0.15) is 0 Å². The van der Waals surface area contributed by atoms with E-state index in [1.807, 2.05) is 0 Å². The van der Waals surface area contributed by atoms with Crippen LogP contribution in [0.25, 0.3) is 0 Å². The maximum Gasteiger partial charge on any atom is -0.0383 e. The van der Waals surface area contributed by atoms with Crippen LogP contribution in [0.1, 0.15) is 90.9 Å². The highest BCUT2D eigenvalue weighted by Gasteiger charge is 2.30. The van der Waals surface area contributed by atoms with Crippen LogP contribution in [0, 0.1) is 23.7 Å². The Morgan fingerprint density at radius 3 is 2.00 bits per heavy atom. The average molecular weight is 250 g/mol. The first-order valence-corrected chi connectivity index (χ1v) is 8.83. The number of hydrogen-bond donors (Lipinski definition) is 0. The zero-order chi connectivity index (χ0) is 12.8. The monoisotopic (exact) mass is 250 g/mol. The second kappa shape index (κ2) is 7.56. The van der Waals surface area contributed by atoms with Gasteiger partial charge in [0.25, 0.3) is 0 Å². The molecular formula is C18H34. The second-order valence-electron chi connectivity index (χ2n) is 7.15. The molecule has 0 N–H and O–H groups in total. The highest BCUT2D eigenvalue weighted by molar-refractivity contribution is 4.82. The molecule has 0 spiro atoms. The molecule has 2 rings (SSSR count). The Morgan fingerprint density at radius 1 is 0.667 bits per heavy atom. The molecule has 2 aliphatic carbocycles. The summed E-state index contributed by atoms with van der Waals surface area (Å²) in [5, 5.41) is 0. The SMILES string of the molecule is CCC[C@@H]1CCC[C@@H]([C@H]2CC[C@@H](CCC)CC2)C1. The smallest absolute Gasteiger partial charge is 0.0383 e. The van der Waals surface area contributed by atoms with Crippen molar-refractivity contribution in [1.82, 2.24) is 0 Å². The molecule has 0 heterocycles. The predicted octanol–water partition coefficient (Wildman–Crippen LogP) is 6.20. The highest BCUT2D eigenvalue weighted by atomic mass is 14.4. The molecule has 0 saturated heterocycles. The Labute approximate surface area is 115 Å². The topological polar surface area (TPSA) is 0 Å². The van der Waals surface area contributed by atoms with Crippen LogP contribution in [0.5, 0.6) is 0 Å². The van der Waals surface area contributed by atoms with Crippen LogP contribution >= 0.6 is 0 Å². The van der Waals surface area contributed by atoms with Crippen molar-refractivity contribution in [2.75, 3.05) is 0 Å². The van der Waals surface area contributed by atoms with Gasteiger partial charge in [0.15, 0.2) is 0 Å². The third kappa shape index (κ3) is 4.00. The summed E-state index contributed by atoms with van der Waals surface area (Å²) in [7, 11) is 0. The second-order valence-corrected chi connectivity index (χ2v) is 7.15. The molecule has 0 amide bonds. The van der Waals surface area contributed by atoms with E-state index in [-0.39, 0.29) is 0 Å². The summed E-state index contributed by atoms with van der Waals surface area (Å²) < 4.78 is 0. The lowest BCUT2D eigenvalue weighted by Gasteiger charge is -2.38. The van der Waals surface area contributed by atoms with E-state index in [4.69, 9.17) is 0 Å². The summed E-state index contributed by atoms with van der Waals surface area (Å²) in [5.74, 6) is 4.39. The van der Waals surface area contributed by atoms with Gasteiger partial charge in [-0.3, -0.25) is 0 Å². The van der Waals surface area contributed by atoms with Crippen molar-refractivity contribution in [3.05, 3.63) is 0 Å². The molecule has 0 nitrogen and oxygen atoms in total. The lowest BCUT2D eigenvalue weighted by molar-refractivity contribution is 0.133. The molecule has 2 saturated carbocycles. The summed E-state index contributed by atoms with van der Waals surface area (Å²) in [5.41, 5.74) is 0. The fourth-order valence-corrected chi connectivity index (χ4v) is 4.79. The Balaban J connectivity index is 1.75. The normalized spacial score (nSPS) is 37.7. The molecule has 2 atom stereocenters. The standard InChI is InChI=1S/C18H34/c1-3-6-15-10-12-17(13-11-15)18-9-5-8-16(14-18)7-4-2/h15-18H,3-14H2,1-2H3/t15-,16-,17+,18-/m1/s1. The maximum atomic E-state index is 2.36. The van der Waals surface area contributed by atoms with Gasteiger partial charge in [0.05, 0.1) is 0 Å². The summed E-state index contributed by atoms with van der Waals surface area (Å²) in [6.45, 7) is 4.71. The van der Waals surface area contributed by atoms with Crippen LogP contribution < -0.4 is 0 Å². The van der Waals surface area contributed by atoms with Gasteiger partial charge in [-0.1, -0.05) is 71.6 Å². The van der Waals surface area contributed by atoms with Crippen molar-refractivity contribution in [3.63, 3.8) is 0 Å². The van der Waals surface area contributed by atoms with Crippen LogP contribution in [-0.2, 0) is 0 Å². The molecule has 0 aromatic rings. The van der Waals surface area contributed by atoms with Crippen molar-refractivity contribution in [3.8, 4) is 0 Å². The first-order valence-electron chi connectivity index (χ1n) is 8.83. The Hall–Kier alpha value is 0. The minimum atomic E-state index is 1.08. The van der Waals surface area contributed by atoms with E-state index in [0.29, 0.717) is 0 Å². The first kappa shape index (κ1) is 14.4. The van der Waals surface area contributed by atoms with Crippen LogP contribution in [0.4, 0.5) is 0 Å². The molecule has 18 heavy (non-hydrogen) atoms. The predicted molar refractivity (Wildman–Crippen MR) is 80.7 cm³/mol. The zero-order valence-corrected chi connectivity index (χ0v) is 12.8. The largest absolute Gasteiger partial charge is 0.0654 e. The molecule has 0 bridgehead atoms. The maximum absolute atomic E-state index is 2.36. The van der Waals surface area contributed by atoms with Gasteiger partial charge in [-0.05, 0) is 42.9 Å². The molecule has 106 valence electrons. The molecule has 2 aliphatic rings. The van der Waals surface area contributed by atoms with E-state index in [1.54, 1.807) is 38.5 Å². The molecule has 0 aromatic heterocycles. The Bertz CT molecular complexity index is 210. The van der Waals surface area contributed by atoms with E-state index < -0.39 is 0 Å². The van der Waals surface area contributed by atoms with Crippen LogP contribution in [-0.4, -0.2) is 0 Å². The van der Waals surface area contributed by atoms with E-state index in [9.17, 15) is 0 Å². The minimum absolute atomic E-state index is 1.08. The van der Waals surface area contributed by atoms with Crippen LogP contribution in [0.2, 0.25) is 0 Å². The Kier molecular flexibility index (Phi) is 6.05. The van der Waals surface area contributed by atoms with Gasteiger partial charge < -0.3 is 0 Å².